The maximum absolute atomic E-state index is 12.6. The second-order valence-corrected chi connectivity index (χ2v) is 8.28. The van der Waals surface area contributed by atoms with Crippen LogP contribution in [0, 0.1) is 0 Å². The summed E-state index contributed by atoms with van der Waals surface area (Å²) in [6.45, 7) is 10.3. The molecule has 5 nitrogen and oxygen atoms in total. The van der Waals surface area contributed by atoms with Gasteiger partial charge < -0.3 is 14.7 Å². The van der Waals surface area contributed by atoms with E-state index in [2.05, 4.69) is 54.0 Å². The number of anilines is 1. The summed E-state index contributed by atoms with van der Waals surface area (Å²) in [5.74, 6) is 1.13. The van der Waals surface area contributed by atoms with Gasteiger partial charge in [0.1, 0.15) is 5.82 Å². The van der Waals surface area contributed by atoms with Gasteiger partial charge in [-0.25, -0.2) is 4.98 Å². The first kappa shape index (κ1) is 21.3. The monoisotopic (exact) mass is 416 g/mol. The maximum atomic E-state index is 12.6. The number of hydrogen-bond donors (Lipinski definition) is 0. The molecule has 1 saturated heterocycles. The molecule has 0 bridgehead atoms. The van der Waals surface area contributed by atoms with Gasteiger partial charge in [0.2, 0.25) is 0 Å². The zero-order valence-corrected chi connectivity index (χ0v) is 18.8. The second-order valence-electron chi connectivity index (χ2n) is 8.28. The van der Waals surface area contributed by atoms with Gasteiger partial charge in [-0.15, -0.1) is 0 Å². The Kier molecular flexibility index (Phi) is 6.52. The van der Waals surface area contributed by atoms with Crippen LogP contribution in [0.2, 0.25) is 0 Å². The lowest BCUT2D eigenvalue weighted by Gasteiger charge is -2.35. The molecule has 1 aromatic heterocycles. The van der Waals surface area contributed by atoms with Crippen LogP contribution in [0.1, 0.15) is 30.6 Å². The maximum Gasteiger partial charge on any atom is 0.253 e. The Morgan fingerprint density at radius 3 is 2.39 bits per heavy atom. The minimum atomic E-state index is 0.0642. The van der Waals surface area contributed by atoms with Crippen LogP contribution in [0.5, 0.6) is 0 Å². The fourth-order valence-electron chi connectivity index (χ4n) is 4.29. The standard InChI is InChI=1S/C26H32N4O/c1-4-14-28(3)26(31)21-12-10-20(11-13-21)24-19-22-8-6-7-9-23(22)25(27-24)30-17-15-29(5-2)16-18-30/h6-13,19H,4-5,14-18H2,1-3H3. The highest BCUT2D eigenvalue weighted by Crippen LogP contribution is 2.31. The van der Waals surface area contributed by atoms with E-state index in [1.807, 2.05) is 31.3 Å². The summed E-state index contributed by atoms with van der Waals surface area (Å²) < 4.78 is 0. The Morgan fingerprint density at radius 2 is 1.71 bits per heavy atom. The molecule has 1 aliphatic rings. The molecule has 0 N–H and O–H groups in total. The average molecular weight is 417 g/mol. The molecule has 1 fully saturated rings. The fraction of sp³-hybridized carbons (Fsp3) is 0.385. The summed E-state index contributed by atoms with van der Waals surface area (Å²) in [6, 6.07) is 18.5. The lowest BCUT2D eigenvalue weighted by Crippen LogP contribution is -2.46. The van der Waals surface area contributed by atoms with Crippen molar-refractivity contribution in [2.75, 3.05) is 51.2 Å². The third-order valence-corrected chi connectivity index (χ3v) is 6.17. The highest BCUT2D eigenvalue weighted by atomic mass is 16.2. The summed E-state index contributed by atoms with van der Waals surface area (Å²) in [5, 5.41) is 2.40. The molecule has 0 saturated carbocycles. The van der Waals surface area contributed by atoms with Gasteiger partial charge in [-0.2, -0.15) is 0 Å². The summed E-state index contributed by atoms with van der Waals surface area (Å²) >= 11 is 0. The number of carbonyl (C=O) groups excluding carboxylic acids is 1. The number of rotatable bonds is 6. The van der Waals surface area contributed by atoms with E-state index in [4.69, 9.17) is 4.98 Å². The number of hydrogen-bond acceptors (Lipinski definition) is 4. The van der Waals surface area contributed by atoms with Crippen LogP contribution in [0.15, 0.2) is 54.6 Å². The van der Waals surface area contributed by atoms with Crippen LogP contribution in [-0.2, 0) is 0 Å². The van der Waals surface area contributed by atoms with Crippen molar-refractivity contribution in [2.45, 2.75) is 20.3 Å². The number of benzene rings is 2. The van der Waals surface area contributed by atoms with E-state index in [9.17, 15) is 4.79 Å². The number of carbonyl (C=O) groups is 1. The van der Waals surface area contributed by atoms with E-state index >= 15 is 0 Å². The van der Waals surface area contributed by atoms with Gasteiger partial charge in [-0.3, -0.25) is 4.79 Å². The lowest BCUT2D eigenvalue weighted by molar-refractivity contribution is 0.0795. The number of fused-ring (bicyclic) bond motifs is 1. The van der Waals surface area contributed by atoms with Gasteiger partial charge in [-0.05, 0) is 36.6 Å². The molecule has 0 spiro atoms. The van der Waals surface area contributed by atoms with Crippen LogP contribution < -0.4 is 4.90 Å². The zero-order valence-electron chi connectivity index (χ0n) is 18.8. The van der Waals surface area contributed by atoms with Crippen molar-refractivity contribution in [3.8, 4) is 11.3 Å². The number of likely N-dealkylation sites (N-methyl/N-ethyl adjacent to an activating group) is 1. The van der Waals surface area contributed by atoms with Gasteiger partial charge in [0.05, 0.1) is 5.69 Å². The molecule has 0 unspecified atom stereocenters. The summed E-state index contributed by atoms with van der Waals surface area (Å²) in [6.07, 6.45) is 0.955. The van der Waals surface area contributed by atoms with Crippen molar-refractivity contribution in [3.05, 3.63) is 60.2 Å². The predicted molar refractivity (Wildman–Crippen MR) is 129 cm³/mol. The fourth-order valence-corrected chi connectivity index (χ4v) is 4.29. The average Bonchev–Trinajstić information content (AvgIpc) is 2.83. The normalized spacial score (nSPS) is 14.7. The molecule has 0 aliphatic carbocycles. The minimum absolute atomic E-state index is 0.0642. The number of pyridine rings is 1. The first-order valence-corrected chi connectivity index (χ1v) is 11.3. The van der Waals surface area contributed by atoms with Gasteiger partial charge >= 0.3 is 0 Å². The third kappa shape index (κ3) is 4.57. The van der Waals surface area contributed by atoms with Crippen molar-refractivity contribution < 1.29 is 4.79 Å². The van der Waals surface area contributed by atoms with Gasteiger partial charge in [0, 0.05) is 56.3 Å². The summed E-state index contributed by atoms with van der Waals surface area (Å²) in [7, 11) is 1.86. The Bertz CT molecular complexity index is 1040. The van der Waals surface area contributed by atoms with E-state index < -0.39 is 0 Å². The largest absolute Gasteiger partial charge is 0.354 e. The van der Waals surface area contributed by atoms with Crippen molar-refractivity contribution in [2.24, 2.45) is 0 Å². The van der Waals surface area contributed by atoms with Crippen molar-refractivity contribution >= 4 is 22.5 Å². The van der Waals surface area contributed by atoms with E-state index in [1.165, 1.54) is 10.8 Å². The highest BCUT2D eigenvalue weighted by molar-refractivity contribution is 5.96. The smallest absolute Gasteiger partial charge is 0.253 e. The Labute approximate surface area is 185 Å². The van der Waals surface area contributed by atoms with E-state index in [0.29, 0.717) is 0 Å². The highest BCUT2D eigenvalue weighted by Gasteiger charge is 2.20. The SMILES string of the molecule is CCCN(C)C(=O)c1ccc(-c2cc3ccccc3c(N3CCN(CC)CC3)n2)cc1. The van der Waals surface area contributed by atoms with Crippen LogP contribution >= 0.6 is 0 Å². The van der Waals surface area contributed by atoms with Gasteiger partial charge in [0.15, 0.2) is 0 Å². The molecular weight excluding hydrogens is 384 g/mol. The van der Waals surface area contributed by atoms with E-state index in [-0.39, 0.29) is 5.91 Å². The molecule has 2 aromatic carbocycles. The molecule has 31 heavy (non-hydrogen) atoms. The number of piperazine rings is 1. The molecule has 2 heterocycles. The molecule has 3 aromatic rings. The molecule has 0 radical (unpaired) electrons. The molecule has 162 valence electrons. The summed E-state index contributed by atoms with van der Waals surface area (Å²) in [4.78, 5) is 24.3. The van der Waals surface area contributed by atoms with E-state index in [1.54, 1.807) is 4.90 Å². The molecule has 1 aliphatic heterocycles. The van der Waals surface area contributed by atoms with Crippen molar-refractivity contribution in [3.63, 3.8) is 0 Å². The first-order chi connectivity index (χ1) is 15.1. The third-order valence-electron chi connectivity index (χ3n) is 6.17. The van der Waals surface area contributed by atoms with Crippen LogP contribution in [0.25, 0.3) is 22.0 Å². The quantitative estimate of drug-likeness (QED) is 0.592. The van der Waals surface area contributed by atoms with Crippen LogP contribution in [0.3, 0.4) is 0 Å². The van der Waals surface area contributed by atoms with Crippen molar-refractivity contribution in [1.29, 1.82) is 0 Å². The van der Waals surface area contributed by atoms with Crippen molar-refractivity contribution in [1.82, 2.24) is 14.8 Å². The minimum Gasteiger partial charge on any atom is -0.354 e. The second kappa shape index (κ2) is 9.48. The van der Waals surface area contributed by atoms with Crippen LogP contribution in [0.4, 0.5) is 5.82 Å². The molecule has 1 amide bonds. The Morgan fingerprint density at radius 1 is 1.00 bits per heavy atom. The number of nitrogens with zero attached hydrogens (tertiary/aromatic N) is 4. The molecule has 5 heteroatoms. The first-order valence-electron chi connectivity index (χ1n) is 11.3. The predicted octanol–water partition coefficient (Wildman–Crippen LogP) is 4.53. The number of amides is 1. The molecule has 4 rings (SSSR count). The number of aromatic nitrogens is 1. The van der Waals surface area contributed by atoms with Crippen LogP contribution in [-0.4, -0.2) is 67.0 Å². The van der Waals surface area contributed by atoms with Gasteiger partial charge in [0.25, 0.3) is 5.91 Å². The molecular formula is C26H32N4O. The van der Waals surface area contributed by atoms with E-state index in [0.717, 1.165) is 68.3 Å². The topological polar surface area (TPSA) is 39.7 Å². The Hall–Kier alpha value is -2.92. The summed E-state index contributed by atoms with van der Waals surface area (Å²) in [5.41, 5.74) is 2.71. The van der Waals surface area contributed by atoms with Gasteiger partial charge in [-0.1, -0.05) is 50.2 Å². The molecule has 0 atom stereocenters. The Balaban J connectivity index is 1.66. The zero-order chi connectivity index (χ0) is 21.8. The lowest BCUT2D eigenvalue weighted by atomic mass is 10.0.